The highest BCUT2D eigenvalue weighted by molar-refractivity contribution is 9.13. The number of nitrogens with zero attached hydrogens (tertiary/aromatic N) is 2. The molecule has 6 heteroatoms. The van der Waals surface area contributed by atoms with Crippen molar-refractivity contribution in [3.63, 3.8) is 0 Å². The van der Waals surface area contributed by atoms with Gasteiger partial charge in [0, 0.05) is 8.95 Å². The highest BCUT2D eigenvalue weighted by atomic mass is 79.9. The van der Waals surface area contributed by atoms with Crippen LogP contribution < -0.4 is 10.6 Å². The second-order valence-electron chi connectivity index (χ2n) is 4.71. The average Bonchev–Trinajstić information content (AvgIpc) is 2.84. The largest absolute Gasteiger partial charge is 0.369 e. The summed E-state index contributed by atoms with van der Waals surface area (Å²) in [7, 11) is 0. The molecule has 1 unspecified atom stereocenters. The lowest BCUT2D eigenvalue weighted by atomic mass is 10.1. The molecule has 0 saturated carbocycles. The van der Waals surface area contributed by atoms with E-state index in [9.17, 15) is 0 Å². The van der Waals surface area contributed by atoms with E-state index in [4.69, 9.17) is 17.3 Å². The fourth-order valence-electron chi connectivity index (χ4n) is 2.41. The maximum absolute atomic E-state index is 6.31. The van der Waals surface area contributed by atoms with Gasteiger partial charge in [-0.3, -0.25) is 4.99 Å². The number of hydrogen-bond donors (Lipinski definition) is 1. The van der Waals surface area contributed by atoms with Gasteiger partial charge in [0.2, 0.25) is 0 Å². The van der Waals surface area contributed by atoms with Gasteiger partial charge in [-0.1, -0.05) is 29.8 Å². The van der Waals surface area contributed by atoms with E-state index in [0.717, 1.165) is 20.2 Å². The molecule has 0 amide bonds. The van der Waals surface area contributed by atoms with Crippen LogP contribution in [-0.4, -0.2) is 12.5 Å². The fraction of sp³-hybridized carbons (Fsp3) is 0.133. The monoisotopic (exact) mass is 427 g/mol. The second-order valence-corrected chi connectivity index (χ2v) is 6.83. The van der Waals surface area contributed by atoms with Crippen LogP contribution in [0.5, 0.6) is 0 Å². The third kappa shape index (κ3) is 2.82. The van der Waals surface area contributed by atoms with Crippen molar-refractivity contribution in [2.24, 2.45) is 10.7 Å². The SMILES string of the molecule is NC1=NCC(c2ccc(Br)c(Br)c2)N1c1ccccc1Cl. The molecule has 1 aliphatic rings. The maximum atomic E-state index is 6.31. The van der Waals surface area contributed by atoms with Crippen LogP contribution in [0.25, 0.3) is 0 Å². The summed E-state index contributed by atoms with van der Waals surface area (Å²) >= 11 is 13.3. The Labute approximate surface area is 145 Å². The van der Waals surface area contributed by atoms with Crippen LogP contribution in [0.3, 0.4) is 0 Å². The van der Waals surface area contributed by atoms with E-state index in [-0.39, 0.29) is 6.04 Å². The fourth-order valence-corrected chi connectivity index (χ4v) is 3.28. The summed E-state index contributed by atoms with van der Waals surface area (Å²) in [5.41, 5.74) is 8.08. The van der Waals surface area contributed by atoms with Crippen LogP contribution in [0.2, 0.25) is 5.02 Å². The predicted octanol–water partition coefficient (Wildman–Crippen LogP) is 4.74. The molecule has 0 fully saturated rings. The minimum atomic E-state index is 0.0503. The maximum Gasteiger partial charge on any atom is 0.196 e. The Bertz CT molecular complexity index is 718. The van der Waals surface area contributed by atoms with Crippen LogP contribution in [-0.2, 0) is 0 Å². The normalized spacial score (nSPS) is 18.0. The summed E-state index contributed by atoms with van der Waals surface area (Å²) in [6.07, 6.45) is 0. The number of anilines is 1. The summed E-state index contributed by atoms with van der Waals surface area (Å²) in [5.74, 6) is 0.493. The molecule has 21 heavy (non-hydrogen) atoms. The lowest BCUT2D eigenvalue weighted by Gasteiger charge is -2.27. The predicted molar refractivity (Wildman–Crippen MR) is 95.0 cm³/mol. The third-order valence-electron chi connectivity index (χ3n) is 3.43. The first-order valence-electron chi connectivity index (χ1n) is 6.36. The van der Waals surface area contributed by atoms with Crippen LogP contribution in [0.15, 0.2) is 56.4 Å². The first-order chi connectivity index (χ1) is 10.1. The molecule has 2 aromatic rings. The van der Waals surface area contributed by atoms with Crippen LogP contribution in [0, 0.1) is 0 Å². The molecule has 0 aliphatic carbocycles. The van der Waals surface area contributed by atoms with E-state index in [2.05, 4.69) is 49.0 Å². The quantitative estimate of drug-likeness (QED) is 0.749. The van der Waals surface area contributed by atoms with Gasteiger partial charge in [-0.2, -0.15) is 0 Å². The third-order valence-corrected chi connectivity index (χ3v) is 5.62. The number of halogens is 3. The van der Waals surface area contributed by atoms with Gasteiger partial charge in [0.15, 0.2) is 5.96 Å². The summed E-state index contributed by atoms with van der Waals surface area (Å²) in [5, 5.41) is 0.665. The first-order valence-corrected chi connectivity index (χ1v) is 8.33. The van der Waals surface area contributed by atoms with Crippen molar-refractivity contribution in [2.75, 3.05) is 11.4 Å². The minimum Gasteiger partial charge on any atom is -0.369 e. The number of aliphatic imine (C=N–C) groups is 1. The molecule has 1 aliphatic heterocycles. The van der Waals surface area contributed by atoms with E-state index in [1.54, 1.807) is 0 Å². The van der Waals surface area contributed by atoms with Crippen LogP contribution >= 0.6 is 43.5 Å². The number of nitrogens with two attached hydrogens (primary N) is 1. The highest BCUT2D eigenvalue weighted by Gasteiger charge is 2.30. The molecule has 3 rings (SSSR count). The zero-order chi connectivity index (χ0) is 15.0. The average molecular weight is 430 g/mol. The number of rotatable bonds is 2. The molecule has 1 atom stereocenters. The van der Waals surface area contributed by atoms with Gasteiger partial charge in [-0.15, -0.1) is 0 Å². The van der Waals surface area contributed by atoms with Crippen molar-refractivity contribution < 1.29 is 0 Å². The Kier molecular flexibility index (Phi) is 4.24. The lowest BCUT2D eigenvalue weighted by molar-refractivity contribution is 0.768. The van der Waals surface area contributed by atoms with E-state index in [1.165, 1.54) is 0 Å². The zero-order valence-electron chi connectivity index (χ0n) is 10.9. The van der Waals surface area contributed by atoms with Crippen LogP contribution in [0.4, 0.5) is 5.69 Å². The first kappa shape index (κ1) is 14.9. The number of hydrogen-bond acceptors (Lipinski definition) is 3. The van der Waals surface area contributed by atoms with Crippen molar-refractivity contribution in [1.29, 1.82) is 0 Å². The van der Waals surface area contributed by atoms with Gasteiger partial charge in [-0.05, 0) is 61.7 Å². The standard InChI is InChI=1S/C15H12Br2ClN3/c16-10-6-5-9(7-11(10)17)14-8-20-15(19)21(14)13-4-2-1-3-12(13)18/h1-7,14H,8H2,(H2,19,20). The Morgan fingerprint density at radius 1 is 1.14 bits per heavy atom. The van der Waals surface area contributed by atoms with Crippen LogP contribution in [0.1, 0.15) is 11.6 Å². The van der Waals surface area contributed by atoms with Crippen molar-refractivity contribution in [3.8, 4) is 0 Å². The number of guanidine groups is 1. The van der Waals surface area contributed by atoms with E-state index < -0.39 is 0 Å². The second kappa shape index (κ2) is 5.99. The molecule has 108 valence electrons. The zero-order valence-corrected chi connectivity index (χ0v) is 14.9. The molecule has 3 nitrogen and oxygen atoms in total. The van der Waals surface area contributed by atoms with Gasteiger partial charge in [0.25, 0.3) is 0 Å². The molecule has 0 bridgehead atoms. The Balaban J connectivity index is 2.03. The van der Waals surface area contributed by atoms with Crippen molar-refractivity contribution in [2.45, 2.75) is 6.04 Å². The Morgan fingerprint density at radius 3 is 2.62 bits per heavy atom. The molecule has 0 radical (unpaired) electrons. The highest BCUT2D eigenvalue weighted by Crippen LogP contribution is 2.37. The van der Waals surface area contributed by atoms with E-state index >= 15 is 0 Å². The summed E-state index contributed by atoms with van der Waals surface area (Å²) in [6, 6.07) is 13.9. The van der Waals surface area contributed by atoms with Gasteiger partial charge in [-0.25, -0.2) is 0 Å². The van der Waals surface area contributed by atoms with E-state index in [0.29, 0.717) is 17.5 Å². The number of para-hydroxylation sites is 1. The van der Waals surface area contributed by atoms with Crippen molar-refractivity contribution in [3.05, 3.63) is 62.0 Å². The molecule has 0 spiro atoms. The summed E-state index contributed by atoms with van der Waals surface area (Å²) in [4.78, 5) is 6.36. The molecule has 2 aromatic carbocycles. The molecule has 0 saturated heterocycles. The molecule has 1 heterocycles. The summed E-state index contributed by atoms with van der Waals surface area (Å²) in [6.45, 7) is 0.616. The Hall–Kier alpha value is -1.04. The number of benzene rings is 2. The topological polar surface area (TPSA) is 41.6 Å². The van der Waals surface area contributed by atoms with E-state index in [1.807, 2.05) is 35.2 Å². The molecule has 2 N–H and O–H groups in total. The van der Waals surface area contributed by atoms with Gasteiger partial charge in [0.1, 0.15) is 0 Å². The van der Waals surface area contributed by atoms with Gasteiger partial charge in [0.05, 0.1) is 23.3 Å². The van der Waals surface area contributed by atoms with Gasteiger partial charge >= 0.3 is 0 Å². The minimum absolute atomic E-state index is 0.0503. The smallest absolute Gasteiger partial charge is 0.196 e. The van der Waals surface area contributed by atoms with Crippen molar-refractivity contribution >= 4 is 55.1 Å². The lowest BCUT2D eigenvalue weighted by Crippen LogP contribution is -2.36. The molecular formula is C15H12Br2ClN3. The summed E-state index contributed by atoms with van der Waals surface area (Å²) < 4.78 is 2.02. The Morgan fingerprint density at radius 2 is 1.90 bits per heavy atom. The molecular weight excluding hydrogens is 417 g/mol. The molecule has 0 aromatic heterocycles. The van der Waals surface area contributed by atoms with Gasteiger partial charge < -0.3 is 10.6 Å². The van der Waals surface area contributed by atoms with Crippen molar-refractivity contribution in [1.82, 2.24) is 0 Å².